The Morgan fingerprint density at radius 2 is 1.42 bits per heavy atom. The van der Waals surface area contributed by atoms with E-state index in [-0.39, 0.29) is 5.95 Å². The van der Waals surface area contributed by atoms with Crippen LogP contribution in [-0.4, -0.2) is 24.2 Å². The van der Waals surface area contributed by atoms with Crippen molar-refractivity contribution in [2.75, 3.05) is 20.0 Å². The summed E-state index contributed by atoms with van der Waals surface area (Å²) in [6.45, 7) is 0. The zero-order valence-corrected chi connectivity index (χ0v) is 13.7. The van der Waals surface area contributed by atoms with Crippen molar-refractivity contribution in [1.82, 2.24) is 9.97 Å². The highest BCUT2D eigenvalue weighted by molar-refractivity contribution is 5.61. The first-order chi connectivity index (χ1) is 11.7. The van der Waals surface area contributed by atoms with Gasteiger partial charge in [-0.2, -0.15) is 0 Å². The third-order valence-corrected chi connectivity index (χ3v) is 3.73. The highest BCUT2D eigenvalue weighted by Crippen LogP contribution is 2.23. The van der Waals surface area contributed by atoms with E-state index in [1.807, 2.05) is 54.6 Å². The van der Waals surface area contributed by atoms with E-state index in [9.17, 15) is 0 Å². The molecule has 5 heteroatoms. The monoisotopic (exact) mass is 321 g/mol. The number of nitrogen functional groups attached to an aromatic ring is 1. The van der Waals surface area contributed by atoms with Crippen molar-refractivity contribution in [3.05, 3.63) is 65.9 Å². The first-order valence-corrected chi connectivity index (χ1v) is 7.59. The topological polar surface area (TPSA) is 70.3 Å². The fraction of sp³-hybridized carbons (Fsp3) is 0.158. The first kappa shape index (κ1) is 15.8. The van der Waals surface area contributed by atoms with Crippen molar-refractivity contribution in [1.29, 1.82) is 0 Å². The lowest BCUT2D eigenvalue weighted by Crippen LogP contribution is -2.02. The second-order valence-electron chi connectivity index (χ2n) is 5.36. The van der Waals surface area contributed by atoms with Crippen LogP contribution in [0.3, 0.4) is 0 Å². The summed E-state index contributed by atoms with van der Waals surface area (Å²) in [5.74, 6) is 1.91. The minimum atomic E-state index is 0.270. The molecule has 1 aromatic heterocycles. The van der Waals surface area contributed by atoms with Gasteiger partial charge in [0.1, 0.15) is 11.5 Å². The molecule has 0 amide bonds. The van der Waals surface area contributed by atoms with E-state index in [0.717, 1.165) is 34.0 Å². The average Bonchev–Trinajstić information content (AvgIpc) is 2.62. The van der Waals surface area contributed by atoms with Crippen molar-refractivity contribution < 1.29 is 9.47 Å². The molecule has 3 rings (SSSR count). The fourth-order valence-electron chi connectivity index (χ4n) is 2.47. The normalized spacial score (nSPS) is 10.4. The Hall–Kier alpha value is -3.08. The van der Waals surface area contributed by atoms with Crippen LogP contribution in [0.4, 0.5) is 5.95 Å². The molecule has 0 aliphatic heterocycles. The van der Waals surface area contributed by atoms with Crippen molar-refractivity contribution in [3.8, 4) is 22.8 Å². The molecule has 0 fully saturated rings. The molecule has 122 valence electrons. The van der Waals surface area contributed by atoms with Gasteiger partial charge in [0.25, 0.3) is 0 Å². The second-order valence-corrected chi connectivity index (χ2v) is 5.36. The molecule has 2 N–H and O–H groups in total. The Labute approximate surface area is 141 Å². The Balaban J connectivity index is 1.87. The van der Waals surface area contributed by atoms with E-state index in [4.69, 9.17) is 15.2 Å². The molecule has 0 bridgehead atoms. The predicted molar refractivity (Wildman–Crippen MR) is 94.2 cm³/mol. The summed E-state index contributed by atoms with van der Waals surface area (Å²) in [6, 6.07) is 17.6. The molecular weight excluding hydrogens is 302 g/mol. The summed E-state index contributed by atoms with van der Waals surface area (Å²) in [5, 5.41) is 0. The number of ether oxygens (including phenoxy) is 2. The predicted octanol–water partition coefficient (Wildman–Crippen LogP) is 3.33. The summed E-state index contributed by atoms with van der Waals surface area (Å²) in [6.07, 6.45) is 0.680. The molecule has 0 aliphatic rings. The summed E-state index contributed by atoms with van der Waals surface area (Å²) in [5.41, 5.74) is 9.67. The summed E-state index contributed by atoms with van der Waals surface area (Å²) < 4.78 is 10.4. The van der Waals surface area contributed by atoms with Crippen LogP contribution in [0.15, 0.2) is 54.6 Å². The van der Waals surface area contributed by atoms with Crippen LogP contribution in [0.25, 0.3) is 11.3 Å². The molecule has 5 nitrogen and oxygen atoms in total. The number of benzene rings is 2. The third-order valence-electron chi connectivity index (χ3n) is 3.73. The van der Waals surface area contributed by atoms with E-state index < -0.39 is 0 Å². The Morgan fingerprint density at radius 3 is 2.00 bits per heavy atom. The number of nitrogens with zero attached hydrogens (tertiary/aromatic N) is 2. The van der Waals surface area contributed by atoms with Gasteiger partial charge >= 0.3 is 0 Å². The van der Waals surface area contributed by atoms with Crippen LogP contribution in [0, 0.1) is 0 Å². The van der Waals surface area contributed by atoms with Gasteiger partial charge in [-0.05, 0) is 48.0 Å². The SMILES string of the molecule is COc1ccc(Cc2cc(-c3ccc(OC)cc3)nc(N)n2)cc1. The van der Waals surface area contributed by atoms with Crippen LogP contribution in [0.5, 0.6) is 11.5 Å². The van der Waals surface area contributed by atoms with Gasteiger partial charge in [0.05, 0.1) is 25.6 Å². The number of anilines is 1. The maximum Gasteiger partial charge on any atom is 0.220 e. The van der Waals surface area contributed by atoms with Gasteiger partial charge in [0.15, 0.2) is 0 Å². The van der Waals surface area contributed by atoms with Gasteiger partial charge in [-0.3, -0.25) is 0 Å². The number of methoxy groups -OCH3 is 2. The molecule has 1 heterocycles. The van der Waals surface area contributed by atoms with Crippen molar-refractivity contribution in [2.45, 2.75) is 6.42 Å². The summed E-state index contributed by atoms with van der Waals surface area (Å²) in [7, 11) is 3.30. The maximum atomic E-state index is 5.89. The van der Waals surface area contributed by atoms with Gasteiger partial charge < -0.3 is 15.2 Å². The summed E-state index contributed by atoms with van der Waals surface area (Å²) in [4.78, 5) is 8.68. The highest BCUT2D eigenvalue weighted by Gasteiger charge is 2.07. The number of nitrogens with two attached hydrogens (primary N) is 1. The molecule has 0 unspecified atom stereocenters. The number of hydrogen-bond acceptors (Lipinski definition) is 5. The Bertz CT molecular complexity index is 815. The van der Waals surface area contributed by atoms with Crippen LogP contribution in [0.1, 0.15) is 11.3 Å². The largest absolute Gasteiger partial charge is 0.497 e. The van der Waals surface area contributed by atoms with Crippen molar-refractivity contribution in [3.63, 3.8) is 0 Å². The summed E-state index contributed by atoms with van der Waals surface area (Å²) >= 11 is 0. The molecule has 0 saturated heterocycles. The quantitative estimate of drug-likeness (QED) is 0.780. The van der Waals surface area contributed by atoms with Crippen molar-refractivity contribution in [2.24, 2.45) is 0 Å². The number of rotatable bonds is 5. The van der Waals surface area contributed by atoms with Gasteiger partial charge in [-0.15, -0.1) is 0 Å². The molecule has 0 atom stereocenters. The molecule has 0 aliphatic carbocycles. The third kappa shape index (κ3) is 3.63. The van der Waals surface area contributed by atoms with E-state index in [1.54, 1.807) is 14.2 Å². The molecule has 3 aromatic rings. The molecule has 0 saturated carbocycles. The maximum absolute atomic E-state index is 5.89. The zero-order valence-electron chi connectivity index (χ0n) is 13.7. The van der Waals surface area contributed by atoms with E-state index in [2.05, 4.69) is 9.97 Å². The number of aromatic nitrogens is 2. The minimum Gasteiger partial charge on any atom is -0.497 e. The fourth-order valence-corrected chi connectivity index (χ4v) is 2.47. The molecule has 2 aromatic carbocycles. The van der Waals surface area contributed by atoms with Crippen molar-refractivity contribution >= 4 is 5.95 Å². The van der Waals surface area contributed by atoms with Gasteiger partial charge in [0.2, 0.25) is 5.95 Å². The van der Waals surface area contributed by atoms with E-state index >= 15 is 0 Å². The highest BCUT2D eigenvalue weighted by atomic mass is 16.5. The first-order valence-electron chi connectivity index (χ1n) is 7.59. The number of hydrogen-bond donors (Lipinski definition) is 1. The molecular formula is C19H19N3O2. The molecule has 0 radical (unpaired) electrons. The zero-order chi connectivity index (χ0) is 16.9. The molecule has 0 spiro atoms. The standard InChI is InChI=1S/C19H19N3O2/c1-23-16-7-3-13(4-8-16)11-15-12-18(22-19(20)21-15)14-5-9-17(24-2)10-6-14/h3-10,12H,11H2,1-2H3,(H2,20,21,22). The van der Waals surface area contributed by atoms with Gasteiger partial charge in [-0.1, -0.05) is 12.1 Å². The van der Waals surface area contributed by atoms with E-state index in [1.165, 1.54) is 0 Å². The second kappa shape index (κ2) is 7.00. The van der Waals surface area contributed by atoms with E-state index in [0.29, 0.717) is 6.42 Å². The van der Waals surface area contributed by atoms with Crippen LogP contribution in [0.2, 0.25) is 0 Å². The lowest BCUT2D eigenvalue weighted by atomic mass is 10.1. The van der Waals surface area contributed by atoms with Crippen LogP contribution in [-0.2, 0) is 6.42 Å². The lowest BCUT2D eigenvalue weighted by molar-refractivity contribution is 0.414. The minimum absolute atomic E-state index is 0.270. The Kier molecular flexibility index (Phi) is 4.61. The van der Waals surface area contributed by atoms with Crippen LogP contribution < -0.4 is 15.2 Å². The Morgan fingerprint density at radius 1 is 0.833 bits per heavy atom. The average molecular weight is 321 g/mol. The smallest absolute Gasteiger partial charge is 0.220 e. The van der Waals surface area contributed by atoms with Gasteiger partial charge in [-0.25, -0.2) is 9.97 Å². The van der Waals surface area contributed by atoms with Gasteiger partial charge in [0, 0.05) is 12.0 Å². The molecule has 24 heavy (non-hydrogen) atoms. The lowest BCUT2D eigenvalue weighted by Gasteiger charge is -2.08. The van der Waals surface area contributed by atoms with Crippen LogP contribution >= 0.6 is 0 Å².